The highest BCUT2D eigenvalue weighted by Crippen LogP contribution is 2.23. The highest BCUT2D eigenvalue weighted by Gasteiger charge is 2.37. The van der Waals surface area contributed by atoms with E-state index in [2.05, 4.69) is 12.2 Å². The fraction of sp³-hybridized carbons (Fsp3) is 0.625. The van der Waals surface area contributed by atoms with Crippen LogP contribution < -0.4 is 10.1 Å². The van der Waals surface area contributed by atoms with Gasteiger partial charge in [0, 0.05) is 12.1 Å². The van der Waals surface area contributed by atoms with E-state index in [0.717, 1.165) is 30.8 Å². The molecule has 5 heteroatoms. The molecular weight excluding hydrogens is 286 g/mol. The molecule has 1 aromatic carbocycles. The van der Waals surface area contributed by atoms with Crippen molar-refractivity contribution in [3.05, 3.63) is 29.8 Å². The zero-order chi connectivity index (χ0) is 15.3. The average Bonchev–Trinajstić information content (AvgIpc) is 2.73. The predicted molar refractivity (Wildman–Crippen MR) is 85.4 cm³/mol. The lowest BCUT2D eigenvalue weighted by molar-refractivity contribution is 0.309. The number of unbranched alkanes of at least 4 members (excludes halogenated alkanes) is 1. The fourth-order valence-electron chi connectivity index (χ4n) is 2.50. The molecule has 0 aromatic heterocycles. The summed E-state index contributed by atoms with van der Waals surface area (Å²) in [4.78, 5) is 0. The van der Waals surface area contributed by atoms with Gasteiger partial charge in [-0.15, -0.1) is 0 Å². The number of ether oxygens (including phenoxy) is 1. The maximum absolute atomic E-state index is 11.6. The Labute approximate surface area is 127 Å². The Morgan fingerprint density at radius 3 is 2.57 bits per heavy atom. The predicted octanol–water partition coefficient (Wildman–Crippen LogP) is 2.53. The summed E-state index contributed by atoms with van der Waals surface area (Å²) in [5.74, 6) is 1.42. The molecule has 1 heterocycles. The summed E-state index contributed by atoms with van der Waals surface area (Å²) in [5.41, 5.74) is 0.846. The molecule has 1 atom stereocenters. The fourth-order valence-corrected chi connectivity index (χ4v) is 4.63. The summed E-state index contributed by atoms with van der Waals surface area (Å²) in [6, 6.07) is 8.00. The van der Waals surface area contributed by atoms with E-state index in [9.17, 15) is 8.42 Å². The molecule has 4 nitrogen and oxygen atoms in total. The molecule has 2 rings (SSSR count). The van der Waals surface area contributed by atoms with Crippen molar-refractivity contribution >= 4 is 9.84 Å². The second-order valence-corrected chi connectivity index (χ2v) is 8.29. The van der Waals surface area contributed by atoms with E-state index >= 15 is 0 Å². The van der Waals surface area contributed by atoms with Crippen LogP contribution in [0.5, 0.6) is 5.75 Å². The minimum Gasteiger partial charge on any atom is -0.494 e. The van der Waals surface area contributed by atoms with Gasteiger partial charge in [0.1, 0.15) is 5.75 Å². The van der Waals surface area contributed by atoms with Crippen molar-refractivity contribution in [2.45, 2.75) is 45.2 Å². The smallest absolute Gasteiger partial charge is 0.152 e. The van der Waals surface area contributed by atoms with E-state index in [0.29, 0.717) is 18.7 Å². The molecule has 0 bridgehead atoms. The molecule has 0 spiro atoms. The first-order chi connectivity index (χ1) is 9.92. The standard InChI is InChI=1S/C16H25NO3S/c1-3-4-10-20-15-7-5-14(6-8-15)12-17-16(2)9-11-21(18,19)13-16/h5-8,17H,3-4,9-13H2,1-2H3. The number of sulfone groups is 1. The van der Waals surface area contributed by atoms with Gasteiger partial charge in [-0.3, -0.25) is 0 Å². The van der Waals surface area contributed by atoms with Gasteiger partial charge in [-0.05, 0) is 37.5 Å². The SMILES string of the molecule is CCCCOc1ccc(CNC2(C)CCS(=O)(=O)C2)cc1. The van der Waals surface area contributed by atoms with Gasteiger partial charge in [0.2, 0.25) is 0 Å². The number of rotatable bonds is 7. The second-order valence-electron chi connectivity index (χ2n) is 6.10. The van der Waals surface area contributed by atoms with E-state index in [1.165, 1.54) is 0 Å². The number of hydrogen-bond donors (Lipinski definition) is 1. The monoisotopic (exact) mass is 311 g/mol. The topological polar surface area (TPSA) is 55.4 Å². The lowest BCUT2D eigenvalue weighted by Gasteiger charge is -2.24. The lowest BCUT2D eigenvalue weighted by Crippen LogP contribution is -2.42. The van der Waals surface area contributed by atoms with E-state index < -0.39 is 9.84 Å². The second kappa shape index (κ2) is 6.79. The van der Waals surface area contributed by atoms with Crippen LogP contribution in [0.2, 0.25) is 0 Å². The molecule has 1 fully saturated rings. The van der Waals surface area contributed by atoms with Crippen molar-refractivity contribution in [2.75, 3.05) is 18.1 Å². The third-order valence-corrected chi connectivity index (χ3v) is 5.82. The van der Waals surface area contributed by atoms with E-state index in [1.54, 1.807) is 0 Å². The molecule has 1 aliphatic heterocycles. The van der Waals surface area contributed by atoms with Crippen LogP contribution >= 0.6 is 0 Å². The Morgan fingerprint density at radius 1 is 1.29 bits per heavy atom. The minimum absolute atomic E-state index is 0.234. The number of benzene rings is 1. The number of nitrogens with one attached hydrogen (secondary N) is 1. The summed E-state index contributed by atoms with van der Waals surface area (Å²) in [7, 11) is -2.86. The van der Waals surface area contributed by atoms with Crippen LogP contribution in [0.25, 0.3) is 0 Å². The van der Waals surface area contributed by atoms with Crippen molar-refractivity contribution in [3.8, 4) is 5.75 Å². The Bertz CT molecular complexity index is 553. The van der Waals surface area contributed by atoms with Crippen LogP contribution in [-0.2, 0) is 16.4 Å². The Morgan fingerprint density at radius 2 is 2.00 bits per heavy atom. The summed E-state index contributed by atoms with van der Waals surface area (Å²) in [5, 5.41) is 3.38. The van der Waals surface area contributed by atoms with Crippen LogP contribution in [0.1, 0.15) is 38.7 Å². The molecule has 1 aliphatic rings. The zero-order valence-corrected chi connectivity index (χ0v) is 13.7. The highest BCUT2D eigenvalue weighted by atomic mass is 32.2. The van der Waals surface area contributed by atoms with Crippen molar-refractivity contribution < 1.29 is 13.2 Å². The van der Waals surface area contributed by atoms with Gasteiger partial charge < -0.3 is 10.1 Å². The molecule has 1 saturated heterocycles. The molecule has 0 radical (unpaired) electrons. The first-order valence-corrected chi connectivity index (χ1v) is 9.42. The zero-order valence-electron chi connectivity index (χ0n) is 12.9. The minimum atomic E-state index is -2.86. The first-order valence-electron chi connectivity index (χ1n) is 7.60. The normalized spacial score (nSPS) is 24.1. The van der Waals surface area contributed by atoms with Gasteiger partial charge in [-0.2, -0.15) is 0 Å². The summed E-state index contributed by atoms with van der Waals surface area (Å²) < 4.78 is 28.8. The molecule has 21 heavy (non-hydrogen) atoms. The molecule has 0 aliphatic carbocycles. The third kappa shape index (κ3) is 5.00. The van der Waals surface area contributed by atoms with Gasteiger partial charge >= 0.3 is 0 Å². The largest absolute Gasteiger partial charge is 0.494 e. The summed E-state index contributed by atoms with van der Waals surface area (Å²) in [6.07, 6.45) is 2.88. The van der Waals surface area contributed by atoms with E-state index in [-0.39, 0.29) is 11.3 Å². The van der Waals surface area contributed by atoms with Gasteiger partial charge in [-0.25, -0.2) is 8.42 Å². The van der Waals surface area contributed by atoms with Gasteiger partial charge in [-0.1, -0.05) is 25.5 Å². The summed E-state index contributed by atoms with van der Waals surface area (Å²) >= 11 is 0. The quantitative estimate of drug-likeness (QED) is 0.786. The molecule has 0 amide bonds. The van der Waals surface area contributed by atoms with Crippen molar-refractivity contribution in [1.29, 1.82) is 0 Å². The van der Waals surface area contributed by atoms with Crippen molar-refractivity contribution in [2.24, 2.45) is 0 Å². The van der Waals surface area contributed by atoms with Gasteiger partial charge in [0.05, 0.1) is 18.1 Å². The molecule has 118 valence electrons. The number of hydrogen-bond acceptors (Lipinski definition) is 4. The first kappa shape index (κ1) is 16.3. The van der Waals surface area contributed by atoms with E-state index in [1.807, 2.05) is 31.2 Å². The molecular formula is C16H25NO3S. The van der Waals surface area contributed by atoms with Crippen LogP contribution in [0.3, 0.4) is 0 Å². The Balaban J connectivity index is 1.84. The molecule has 0 saturated carbocycles. The summed E-state index contributed by atoms with van der Waals surface area (Å²) in [6.45, 7) is 5.56. The lowest BCUT2D eigenvalue weighted by atomic mass is 10.0. The maximum atomic E-state index is 11.6. The average molecular weight is 311 g/mol. The van der Waals surface area contributed by atoms with E-state index in [4.69, 9.17) is 4.74 Å². The Hall–Kier alpha value is -1.07. The Kier molecular flexibility index (Phi) is 5.27. The highest BCUT2D eigenvalue weighted by molar-refractivity contribution is 7.91. The van der Waals surface area contributed by atoms with Crippen LogP contribution in [0, 0.1) is 0 Å². The van der Waals surface area contributed by atoms with Crippen molar-refractivity contribution in [3.63, 3.8) is 0 Å². The van der Waals surface area contributed by atoms with Gasteiger partial charge in [0.25, 0.3) is 0 Å². The van der Waals surface area contributed by atoms with Crippen LogP contribution in [0.15, 0.2) is 24.3 Å². The molecule has 1 N–H and O–H groups in total. The third-order valence-electron chi connectivity index (χ3n) is 3.91. The van der Waals surface area contributed by atoms with Gasteiger partial charge in [0.15, 0.2) is 9.84 Å². The molecule has 1 unspecified atom stereocenters. The maximum Gasteiger partial charge on any atom is 0.152 e. The van der Waals surface area contributed by atoms with Crippen molar-refractivity contribution in [1.82, 2.24) is 5.32 Å². The molecule has 1 aromatic rings. The van der Waals surface area contributed by atoms with Crippen LogP contribution in [-0.4, -0.2) is 32.1 Å². The van der Waals surface area contributed by atoms with Crippen LogP contribution in [0.4, 0.5) is 0 Å².